The molecule has 0 unspecified atom stereocenters. The summed E-state index contributed by atoms with van der Waals surface area (Å²) < 4.78 is 16.4. The second-order valence-corrected chi connectivity index (χ2v) is 5.87. The van der Waals surface area contributed by atoms with Crippen molar-refractivity contribution >= 4 is 0 Å². The largest absolute Gasteiger partial charge is 0.454 e. The molecular formula is C15H21NO3. The van der Waals surface area contributed by atoms with E-state index in [2.05, 4.69) is 31.3 Å². The van der Waals surface area contributed by atoms with Gasteiger partial charge in [-0.15, -0.1) is 0 Å². The van der Waals surface area contributed by atoms with E-state index < -0.39 is 0 Å². The molecule has 2 heterocycles. The van der Waals surface area contributed by atoms with E-state index in [9.17, 15) is 0 Å². The van der Waals surface area contributed by atoms with E-state index in [4.69, 9.17) is 14.2 Å². The van der Waals surface area contributed by atoms with Crippen LogP contribution in [0.2, 0.25) is 0 Å². The molecule has 1 N–H and O–H groups in total. The fraction of sp³-hybridized carbons (Fsp3) is 0.600. The van der Waals surface area contributed by atoms with Crippen molar-refractivity contribution in [3.05, 3.63) is 23.8 Å². The highest BCUT2D eigenvalue weighted by Crippen LogP contribution is 2.32. The van der Waals surface area contributed by atoms with Crippen molar-refractivity contribution in [3.8, 4) is 11.5 Å². The third-order valence-corrected chi connectivity index (χ3v) is 3.73. The van der Waals surface area contributed by atoms with Crippen LogP contribution < -0.4 is 14.8 Å². The molecule has 0 spiro atoms. The Morgan fingerprint density at radius 2 is 2.11 bits per heavy atom. The first-order valence-corrected chi connectivity index (χ1v) is 6.88. The van der Waals surface area contributed by atoms with E-state index in [1.807, 2.05) is 6.07 Å². The van der Waals surface area contributed by atoms with Gasteiger partial charge in [0.1, 0.15) is 0 Å². The van der Waals surface area contributed by atoms with E-state index in [0.717, 1.165) is 37.5 Å². The Kier molecular flexibility index (Phi) is 3.37. The average molecular weight is 263 g/mol. The smallest absolute Gasteiger partial charge is 0.231 e. The van der Waals surface area contributed by atoms with Crippen molar-refractivity contribution in [1.29, 1.82) is 0 Å². The van der Waals surface area contributed by atoms with Crippen LogP contribution in [0.1, 0.15) is 32.3 Å². The maximum Gasteiger partial charge on any atom is 0.231 e. The molecule has 4 nitrogen and oxygen atoms in total. The minimum absolute atomic E-state index is 0.00912. The molecule has 0 aromatic heterocycles. The summed E-state index contributed by atoms with van der Waals surface area (Å²) in [5.74, 6) is 1.70. The number of nitrogens with one attached hydrogen (secondary N) is 1. The summed E-state index contributed by atoms with van der Waals surface area (Å²) in [5, 5.41) is 3.61. The van der Waals surface area contributed by atoms with Crippen LogP contribution in [-0.2, 0) is 11.3 Å². The monoisotopic (exact) mass is 263 g/mol. The summed E-state index contributed by atoms with van der Waals surface area (Å²) in [6.45, 7) is 6.34. The number of ether oxygens (including phenoxy) is 3. The molecule has 1 fully saturated rings. The zero-order chi connectivity index (χ0) is 13.3. The molecular weight excluding hydrogens is 242 g/mol. The SMILES string of the molecule is CC1(C)C[C@H](NCc2ccc3c(c2)OCO3)CCO1. The van der Waals surface area contributed by atoms with Crippen LogP contribution in [0.25, 0.3) is 0 Å². The van der Waals surface area contributed by atoms with Crippen LogP contribution in [0, 0.1) is 0 Å². The van der Waals surface area contributed by atoms with Gasteiger partial charge in [0.05, 0.1) is 5.60 Å². The first-order chi connectivity index (χ1) is 9.12. The van der Waals surface area contributed by atoms with Gasteiger partial charge in [-0.25, -0.2) is 0 Å². The summed E-state index contributed by atoms with van der Waals surface area (Å²) >= 11 is 0. The first-order valence-electron chi connectivity index (χ1n) is 6.88. The van der Waals surface area contributed by atoms with Gasteiger partial charge in [-0.2, -0.15) is 0 Å². The second kappa shape index (κ2) is 5.02. The molecule has 104 valence electrons. The molecule has 1 atom stereocenters. The van der Waals surface area contributed by atoms with Gasteiger partial charge >= 0.3 is 0 Å². The lowest BCUT2D eigenvalue weighted by atomic mass is 9.94. The molecule has 0 amide bonds. The number of hydrogen-bond acceptors (Lipinski definition) is 4. The number of fused-ring (bicyclic) bond motifs is 1. The highest BCUT2D eigenvalue weighted by atomic mass is 16.7. The molecule has 1 saturated heterocycles. The molecule has 1 aromatic rings. The Labute approximate surface area is 114 Å². The Morgan fingerprint density at radius 1 is 1.26 bits per heavy atom. The minimum Gasteiger partial charge on any atom is -0.454 e. The van der Waals surface area contributed by atoms with Gasteiger partial charge in [0.15, 0.2) is 11.5 Å². The third-order valence-electron chi connectivity index (χ3n) is 3.73. The van der Waals surface area contributed by atoms with E-state index in [1.165, 1.54) is 5.56 Å². The molecule has 2 aliphatic heterocycles. The standard InChI is InChI=1S/C15H21NO3/c1-15(2)8-12(5-6-19-15)16-9-11-3-4-13-14(7-11)18-10-17-13/h3-4,7,12,16H,5-6,8-10H2,1-2H3/t12-/m1/s1. The van der Waals surface area contributed by atoms with E-state index in [0.29, 0.717) is 12.8 Å². The second-order valence-electron chi connectivity index (χ2n) is 5.87. The zero-order valence-electron chi connectivity index (χ0n) is 11.6. The van der Waals surface area contributed by atoms with Crippen molar-refractivity contribution in [3.63, 3.8) is 0 Å². The number of benzene rings is 1. The third kappa shape index (κ3) is 3.01. The highest BCUT2D eigenvalue weighted by Gasteiger charge is 2.28. The van der Waals surface area contributed by atoms with Crippen molar-refractivity contribution in [1.82, 2.24) is 5.32 Å². The van der Waals surface area contributed by atoms with Gasteiger partial charge in [0.2, 0.25) is 6.79 Å². The van der Waals surface area contributed by atoms with Gasteiger partial charge in [0, 0.05) is 19.2 Å². The van der Waals surface area contributed by atoms with Gasteiger partial charge in [0.25, 0.3) is 0 Å². The molecule has 3 rings (SSSR count). The summed E-state index contributed by atoms with van der Waals surface area (Å²) in [7, 11) is 0. The molecule has 19 heavy (non-hydrogen) atoms. The maximum absolute atomic E-state index is 5.73. The summed E-state index contributed by atoms with van der Waals surface area (Å²) in [6, 6.07) is 6.65. The quantitative estimate of drug-likeness (QED) is 0.909. The van der Waals surface area contributed by atoms with E-state index in [-0.39, 0.29) is 5.60 Å². The predicted octanol–water partition coefficient (Wildman–Crippen LogP) is 2.46. The van der Waals surface area contributed by atoms with Gasteiger partial charge in [-0.3, -0.25) is 0 Å². The normalized spacial score (nSPS) is 24.4. The minimum atomic E-state index is -0.00912. The Balaban J connectivity index is 1.57. The summed E-state index contributed by atoms with van der Waals surface area (Å²) in [6.07, 6.45) is 2.13. The fourth-order valence-corrected chi connectivity index (χ4v) is 2.72. The topological polar surface area (TPSA) is 39.7 Å². The summed E-state index contributed by atoms with van der Waals surface area (Å²) in [5.41, 5.74) is 1.22. The van der Waals surface area contributed by atoms with Gasteiger partial charge in [-0.1, -0.05) is 6.07 Å². The van der Waals surface area contributed by atoms with Crippen LogP contribution in [0.5, 0.6) is 11.5 Å². The molecule has 0 radical (unpaired) electrons. The lowest BCUT2D eigenvalue weighted by Crippen LogP contribution is -2.43. The molecule has 4 heteroatoms. The van der Waals surface area contributed by atoms with Crippen molar-refractivity contribution in [2.75, 3.05) is 13.4 Å². The molecule has 2 aliphatic rings. The summed E-state index contributed by atoms with van der Waals surface area (Å²) in [4.78, 5) is 0. The number of rotatable bonds is 3. The van der Waals surface area contributed by atoms with Crippen LogP contribution in [0.3, 0.4) is 0 Å². The van der Waals surface area contributed by atoms with Crippen LogP contribution >= 0.6 is 0 Å². The number of hydrogen-bond donors (Lipinski definition) is 1. The predicted molar refractivity (Wildman–Crippen MR) is 72.5 cm³/mol. The lowest BCUT2D eigenvalue weighted by molar-refractivity contribution is -0.0630. The van der Waals surface area contributed by atoms with Crippen molar-refractivity contribution in [2.24, 2.45) is 0 Å². The van der Waals surface area contributed by atoms with E-state index in [1.54, 1.807) is 0 Å². The molecule has 0 aliphatic carbocycles. The zero-order valence-corrected chi connectivity index (χ0v) is 11.6. The fourth-order valence-electron chi connectivity index (χ4n) is 2.72. The Hall–Kier alpha value is -1.26. The first kappa shape index (κ1) is 12.8. The maximum atomic E-state index is 5.73. The average Bonchev–Trinajstić information content (AvgIpc) is 2.82. The highest BCUT2D eigenvalue weighted by molar-refractivity contribution is 5.44. The van der Waals surface area contributed by atoms with Gasteiger partial charge < -0.3 is 19.5 Å². The Morgan fingerprint density at radius 3 is 2.95 bits per heavy atom. The molecule has 1 aromatic carbocycles. The molecule has 0 saturated carbocycles. The van der Waals surface area contributed by atoms with E-state index >= 15 is 0 Å². The van der Waals surface area contributed by atoms with Crippen molar-refractivity contribution < 1.29 is 14.2 Å². The van der Waals surface area contributed by atoms with Crippen LogP contribution in [-0.4, -0.2) is 25.0 Å². The van der Waals surface area contributed by atoms with Crippen LogP contribution in [0.15, 0.2) is 18.2 Å². The van der Waals surface area contributed by atoms with Crippen molar-refractivity contribution in [2.45, 2.75) is 44.9 Å². The van der Waals surface area contributed by atoms with Crippen LogP contribution in [0.4, 0.5) is 0 Å². The van der Waals surface area contributed by atoms with Gasteiger partial charge in [-0.05, 0) is 44.4 Å². The molecule has 0 bridgehead atoms. The Bertz CT molecular complexity index is 459. The lowest BCUT2D eigenvalue weighted by Gasteiger charge is -2.36.